The van der Waals surface area contributed by atoms with Gasteiger partial charge in [0.15, 0.2) is 0 Å². The van der Waals surface area contributed by atoms with Crippen LogP contribution < -0.4 is 5.32 Å². The Morgan fingerprint density at radius 2 is 1.84 bits per heavy atom. The average molecular weight is 410 g/mol. The number of nitrogens with zero attached hydrogens (tertiary/aromatic N) is 2. The van der Waals surface area contributed by atoms with E-state index in [0.717, 1.165) is 23.0 Å². The van der Waals surface area contributed by atoms with Crippen LogP contribution >= 0.6 is 15.9 Å². The van der Waals surface area contributed by atoms with Gasteiger partial charge in [-0.25, -0.2) is 0 Å². The molecule has 1 atom stereocenters. The molecule has 1 aromatic rings. The molecule has 5 nitrogen and oxygen atoms in total. The van der Waals surface area contributed by atoms with Crippen molar-refractivity contribution >= 4 is 33.4 Å². The van der Waals surface area contributed by atoms with Crippen LogP contribution in [0.1, 0.15) is 39.0 Å². The normalized spacial score (nSPS) is 16.5. The molecule has 2 rings (SSSR count). The lowest BCUT2D eigenvalue weighted by molar-refractivity contribution is -0.137. The first kappa shape index (κ1) is 19.9. The summed E-state index contributed by atoms with van der Waals surface area (Å²) in [6.45, 7) is 2.04. The topological polar surface area (TPSA) is 52.7 Å². The van der Waals surface area contributed by atoms with Crippen LogP contribution in [-0.2, 0) is 9.59 Å². The number of likely N-dealkylation sites (N-methyl/N-ethyl adjacent to an activating group) is 2. The van der Waals surface area contributed by atoms with Crippen molar-refractivity contribution in [2.45, 2.75) is 51.1 Å². The molecule has 1 aliphatic rings. The fourth-order valence-electron chi connectivity index (χ4n) is 3.25. The van der Waals surface area contributed by atoms with E-state index in [1.807, 2.05) is 50.2 Å². The molecule has 138 valence electrons. The summed E-state index contributed by atoms with van der Waals surface area (Å²) in [5.41, 5.74) is 0.735. The molecule has 1 aliphatic carbocycles. The number of rotatable bonds is 6. The van der Waals surface area contributed by atoms with Gasteiger partial charge in [-0.15, -0.1) is 0 Å². The number of hydrogen-bond donors (Lipinski definition) is 1. The Morgan fingerprint density at radius 3 is 2.48 bits per heavy atom. The largest absolute Gasteiger partial charge is 0.341 e. The number of carbonyl (C=O) groups is 2. The lowest BCUT2D eigenvalue weighted by Gasteiger charge is -2.35. The SMILES string of the molecule is C[C@H](C(=O)N(C)C1CCCCC1)N(C)CC(=O)Nc1ccccc1Br. The summed E-state index contributed by atoms with van der Waals surface area (Å²) in [6, 6.07) is 7.50. The third-order valence-electron chi connectivity index (χ3n) is 5.03. The van der Waals surface area contributed by atoms with Crippen LogP contribution in [0.4, 0.5) is 5.69 Å². The Hall–Kier alpha value is -1.40. The van der Waals surface area contributed by atoms with E-state index in [-0.39, 0.29) is 24.4 Å². The number of amides is 2. The van der Waals surface area contributed by atoms with Crippen LogP contribution in [0.2, 0.25) is 0 Å². The Labute approximate surface area is 158 Å². The first-order chi connectivity index (χ1) is 11.9. The molecule has 2 amide bonds. The predicted molar refractivity (Wildman–Crippen MR) is 105 cm³/mol. The number of hydrogen-bond acceptors (Lipinski definition) is 3. The Kier molecular flexibility index (Phi) is 7.44. The highest BCUT2D eigenvalue weighted by Crippen LogP contribution is 2.23. The smallest absolute Gasteiger partial charge is 0.239 e. The summed E-state index contributed by atoms with van der Waals surface area (Å²) in [5, 5.41) is 2.88. The molecule has 25 heavy (non-hydrogen) atoms. The van der Waals surface area contributed by atoms with Gasteiger partial charge in [0, 0.05) is 17.6 Å². The van der Waals surface area contributed by atoms with E-state index >= 15 is 0 Å². The fourth-order valence-corrected chi connectivity index (χ4v) is 3.63. The van der Waals surface area contributed by atoms with Gasteiger partial charge < -0.3 is 10.2 Å². The Morgan fingerprint density at radius 1 is 1.20 bits per heavy atom. The number of carbonyl (C=O) groups excluding carboxylic acids is 2. The second-order valence-corrected chi connectivity index (χ2v) is 7.71. The number of anilines is 1. The lowest BCUT2D eigenvalue weighted by atomic mass is 9.94. The summed E-state index contributed by atoms with van der Waals surface area (Å²) < 4.78 is 0.840. The van der Waals surface area contributed by atoms with Crippen LogP contribution in [-0.4, -0.2) is 54.3 Å². The molecule has 0 unspecified atom stereocenters. The third kappa shape index (κ3) is 5.54. The molecule has 0 spiro atoms. The van der Waals surface area contributed by atoms with Crippen molar-refractivity contribution in [2.75, 3.05) is 26.0 Å². The zero-order valence-corrected chi connectivity index (χ0v) is 16.9. The van der Waals surface area contributed by atoms with Crippen molar-refractivity contribution in [1.29, 1.82) is 0 Å². The Balaban J connectivity index is 1.88. The van der Waals surface area contributed by atoms with E-state index < -0.39 is 0 Å². The fraction of sp³-hybridized carbons (Fsp3) is 0.579. The average Bonchev–Trinajstić information content (AvgIpc) is 2.62. The molecule has 0 bridgehead atoms. The number of nitrogens with one attached hydrogen (secondary N) is 1. The van der Waals surface area contributed by atoms with Gasteiger partial charge in [0.1, 0.15) is 0 Å². The highest BCUT2D eigenvalue weighted by Gasteiger charge is 2.28. The summed E-state index contributed by atoms with van der Waals surface area (Å²) in [7, 11) is 3.71. The summed E-state index contributed by atoms with van der Waals surface area (Å²) >= 11 is 3.42. The van der Waals surface area contributed by atoms with Gasteiger partial charge >= 0.3 is 0 Å². The molecular formula is C19H28BrN3O2. The van der Waals surface area contributed by atoms with Gasteiger partial charge in [0.05, 0.1) is 18.3 Å². The minimum atomic E-state index is -0.322. The highest BCUT2D eigenvalue weighted by atomic mass is 79.9. The second kappa shape index (κ2) is 9.34. The van der Waals surface area contributed by atoms with Crippen LogP contribution in [0.3, 0.4) is 0 Å². The van der Waals surface area contributed by atoms with Crippen molar-refractivity contribution in [2.24, 2.45) is 0 Å². The summed E-state index contributed by atoms with van der Waals surface area (Å²) in [6.07, 6.45) is 5.83. The van der Waals surface area contributed by atoms with Gasteiger partial charge in [-0.1, -0.05) is 31.4 Å². The zero-order valence-electron chi connectivity index (χ0n) is 15.3. The quantitative estimate of drug-likeness (QED) is 0.781. The monoisotopic (exact) mass is 409 g/mol. The second-order valence-electron chi connectivity index (χ2n) is 6.86. The van der Waals surface area contributed by atoms with Gasteiger partial charge in [0.25, 0.3) is 0 Å². The van der Waals surface area contributed by atoms with E-state index in [4.69, 9.17) is 0 Å². The maximum atomic E-state index is 12.7. The molecule has 0 saturated heterocycles. The molecular weight excluding hydrogens is 382 g/mol. The molecule has 1 saturated carbocycles. The molecule has 0 radical (unpaired) electrons. The first-order valence-corrected chi connectivity index (χ1v) is 9.70. The first-order valence-electron chi connectivity index (χ1n) is 8.91. The number of para-hydroxylation sites is 1. The van der Waals surface area contributed by atoms with Crippen LogP contribution in [0.15, 0.2) is 28.7 Å². The van der Waals surface area contributed by atoms with E-state index in [1.165, 1.54) is 19.3 Å². The van der Waals surface area contributed by atoms with Crippen LogP contribution in [0.25, 0.3) is 0 Å². The number of halogens is 1. The van der Waals surface area contributed by atoms with Crippen LogP contribution in [0.5, 0.6) is 0 Å². The molecule has 0 aromatic heterocycles. The summed E-state index contributed by atoms with van der Waals surface area (Å²) in [5.74, 6) is -0.0440. The minimum Gasteiger partial charge on any atom is -0.341 e. The molecule has 0 heterocycles. The van der Waals surface area contributed by atoms with Gasteiger partial charge in [-0.05, 0) is 54.9 Å². The van der Waals surface area contributed by atoms with Crippen molar-refractivity contribution in [3.63, 3.8) is 0 Å². The van der Waals surface area contributed by atoms with Gasteiger partial charge in [-0.2, -0.15) is 0 Å². The predicted octanol–water partition coefficient (Wildman–Crippen LogP) is 3.50. The van der Waals surface area contributed by atoms with E-state index in [0.29, 0.717) is 6.04 Å². The van der Waals surface area contributed by atoms with Crippen molar-refractivity contribution in [1.82, 2.24) is 9.80 Å². The van der Waals surface area contributed by atoms with E-state index in [9.17, 15) is 9.59 Å². The number of benzene rings is 1. The molecule has 1 fully saturated rings. The minimum absolute atomic E-state index is 0.0862. The van der Waals surface area contributed by atoms with Crippen LogP contribution in [0, 0.1) is 0 Å². The lowest BCUT2D eigenvalue weighted by Crippen LogP contribution is -2.49. The maximum absolute atomic E-state index is 12.7. The van der Waals surface area contributed by atoms with Crippen molar-refractivity contribution in [3.8, 4) is 0 Å². The Bertz CT molecular complexity index is 602. The van der Waals surface area contributed by atoms with E-state index in [1.54, 1.807) is 4.90 Å². The van der Waals surface area contributed by atoms with Gasteiger partial charge in [0.2, 0.25) is 11.8 Å². The van der Waals surface area contributed by atoms with E-state index in [2.05, 4.69) is 21.2 Å². The highest BCUT2D eigenvalue weighted by molar-refractivity contribution is 9.10. The molecule has 1 aromatic carbocycles. The van der Waals surface area contributed by atoms with Crippen molar-refractivity contribution < 1.29 is 9.59 Å². The third-order valence-corrected chi connectivity index (χ3v) is 5.72. The zero-order chi connectivity index (χ0) is 18.4. The van der Waals surface area contributed by atoms with Gasteiger partial charge in [-0.3, -0.25) is 14.5 Å². The molecule has 0 aliphatic heterocycles. The van der Waals surface area contributed by atoms with Crippen molar-refractivity contribution in [3.05, 3.63) is 28.7 Å². The standard InChI is InChI=1S/C19H28BrN3O2/c1-14(19(25)23(3)15-9-5-4-6-10-15)22(2)13-18(24)21-17-12-8-7-11-16(17)20/h7-8,11-12,14-15H,4-6,9-10,13H2,1-3H3,(H,21,24)/t14-/m1/s1. The maximum Gasteiger partial charge on any atom is 0.239 e. The summed E-state index contributed by atoms with van der Waals surface area (Å²) in [4.78, 5) is 28.7. The molecule has 6 heteroatoms. The molecule has 1 N–H and O–H groups in total.